The Balaban J connectivity index is 1.67. The van der Waals surface area contributed by atoms with Gasteiger partial charge in [-0.2, -0.15) is 0 Å². The van der Waals surface area contributed by atoms with Crippen molar-refractivity contribution >= 4 is 29.1 Å². The summed E-state index contributed by atoms with van der Waals surface area (Å²) in [5.41, 5.74) is 6.95. The molecule has 0 aliphatic heterocycles. The van der Waals surface area contributed by atoms with E-state index in [1.165, 1.54) is 5.56 Å². The topological polar surface area (TPSA) is 88.7 Å². The molecule has 0 saturated heterocycles. The Kier molecular flexibility index (Phi) is 8.17. The van der Waals surface area contributed by atoms with Crippen LogP contribution < -0.4 is 25.6 Å². The van der Waals surface area contributed by atoms with Gasteiger partial charge in [0.25, 0.3) is 11.8 Å². The van der Waals surface area contributed by atoms with Crippen LogP contribution in [0, 0.1) is 6.92 Å². The Bertz CT molecular complexity index is 892. The van der Waals surface area contributed by atoms with Gasteiger partial charge in [-0.25, -0.2) is 0 Å². The number of hydrogen-bond donors (Lipinski definition) is 3. The van der Waals surface area contributed by atoms with Crippen LogP contribution >= 0.6 is 12.2 Å². The molecule has 0 spiro atoms. The van der Waals surface area contributed by atoms with E-state index in [9.17, 15) is 9.59 Å². The second-order valence-electron chi connectivity index (χ2n) is 7.67. The number of ether oxygens (including phenoxy) is 2. The molecule has 2 amide bonds. The van der Waals surface area contributed by atoms with Crippen molar-refractivity contribution in [1.82, 2.24) is 16.2 Å². The predicted molar refractivity (Wildman–Crippen MR) is 119 cm³/mol. The zero-order valence-electron chi connectivity index (χ0n) is 17.6. The molecule has 0 unspecified atom stereocenters. The zero-order chi connectivity index (χ0) is 22.1. The highest BCUT2D eigenvalue weighted by Crippen LogP contribution is 2.24. The van der Waals surface area contributed by atoms with Crippen molar-refractivity contribution < 1.29 is 19.1 Å². The van der Waals surface area contributed by atoms with Gasteiger partial charge in [-0.3, -0.25) is 25.8 Å². The first-order chi connectivity index (χ1) is 14.1. The second kappa shape index (κ2) is 10.6. The van der Waals surface area contributed by atoms with Crippen LogP contribution in [0.15, 0.2) is 48.5 Å². The summed E-state index contributed by atoms with van der Waals surface area (Å²) >= 11 is 4.98. The number of amides is 2. The molecule has 0 saturated carbocycles. The van der Waals surface area contributed by atoms with Gasteiger partial charge in [0.2, 0.25) is 0 Å². The summed E-state index contributed by atoms with van der Waals surface area (Å²) in [5, 5.41) is 2.38. The van der Waals surface area contributed by atoms with Crippen molar-refractivity contribution in [2.45, 2.75) is 33.1 Å². The van der Waals surface area contributed by atoms with Gasteiger partial charge >= 0.3 is 0 Å². The van der Waals surface area contributed by atoms with E-state index < -0.39 is 11.8 Å². The minimum Gasteiger partial charge on any atom is -0.484 e. The van der Waals surface area contributed by atoms with E-state index in [4.69, 9.17) is 21.7 Å². The van der Waals surface area contributed by atoms with Crippen molar-refractivity contribution in [3.05, 3.63) is 59.7 Å². The fourth-order valence-corrected chi connectivity index (χ4v) is 2.58. The van der Waals surface area contributed by atoms with Crippen LogP contribution in [-0.4, -0.2) is 30.1 Å². The van der Waals surface area contributed by atoms with Gasteiger partial charge in [-0.15, -0.1) is 0 Å². The maximum absolute atomic E-state index is 11.9. The summed E-state index contributed by atoms with van der Waals surface area (Å²) in [6, 6.07) is 14.9. The van der Waals surface area contributed by atoms with E-state index >= 15 is 0 Å². The lowest BCUT2D eigenvalue weighted by Crippen LogP contribution is -2.50. The lowest BCUT2D eigenvalue weighted by atomic mass is 9.87. The first-order valence-electron chi connectivity index (χ1n) is 9.45. The van der Waals surface area contributed by atoms with Gasteiger partial charge in [0.15, 0.2) is 18.3 Å². The molecule has 2 rings (SSSR count). The molecule has 8 heteroatoms. The van der Waals surface area contributed by atoms with Gasteiger partial charge < -0.3 is 9.47 Å². The van der Waals surface area contributed by atoms with Crippen LogP contribution in [0.25, 0.3) is 0 Å². The van der Waals surface area contributed by atoms with E-state index in [1.54, 1.807) is 6.07 Å². The van der Waals surface area contributed by atoms with Crippen LogP contribution in [0.4, 0.5) is 0 Å². The minimum absolute atomic E-state index is 0.0448. The maximum atomic E-state index is 11.9. The van der Waals surface area contributed by atoms with E-state index in [-0.39, 0.29) is 23.7 Å². The molecule has 30 heavy (non-hydrogen) atoms. The fourth-order valence-electron chi connectivity index (χ4n) is 2.42. The number of hydrazine groups is 1. The van der Waals surface area contributed by atoms with E-state index in [0.29, 0.717) is 11.5 Å². The summed E-state index contributed by atoms with van der Waals surface area (Å²) in [7, 11) is 0. The van der Waals surface area contributed by atoms with Gasteiger partial charge in [0, 0.05) is 0 Å². The number of aryl methyl sites for hydroxylation is 1. The second-order valence-corrected chi connectivity index (χ2v) is 8.08. The lowest BCUT2D eigenvalue weighted by molar-refractivity contribution is -0.124. The Morgan fingerprint density at radius 2 is 1.53 bits per heavy atom. The molecule has 160 valence electrons. The molecule has 0 aromatic heterocycles. The normalized spacial score (nSPS) is 10.7. The molecule has 7 nitrogen and oxygen atoms in total. The number of para-hydroxylation sites is 1. The molecular formula is C22H27N3O4S. The fraction of sp³-hybridized carbons (Fsp3) is 0.318. The lowest BCUT2D eigenvalue weighted by Gasteiger charge is -2.19. The number of benzene rings is 2. The van der Waals surface area contributed by atoms with Gasteiger partial charge in [-0.1, -0.05) is 51.1 Å². The molecule has 2 aromatic carbocycles. The zero-order valence-corrected chi connectivity index (χ0v) is 18.4. The monoisotopic (exact) mass is 429 g/mol. The summed E-state index contributed by atoms with van der Waals surface area (Å²) in [4.78, 5) is 23.8. The van der Waals surface area contributed by atoms with Crippen LogP contribution in [0.1, 0.15) is 31.9 Å². The molecule has 0 heterocycles. The number of rotatable bonds is 6. The first kappa shape index (κ1) is 23.2. The highest BCUT2D eigenvalue weighted by atomic mass is 32.1. The van der Waals surface area contributed by atoms with Gasteiger partial charge in [-0.05, 0) is 53.9 Å². The molecule has 0 aliphatic rings. The molecular weight excluding hydrogens is 402 g/mol. The number of carbonyl (C=O) groups excluding carboxylic acids is 2. The number of thiocarbonyl (C=S) groups is 1. The third kappa shape index (κ3) is 7.71. The standard InChI is InChI=1S/C22H27N3O4S/c1-15-7-5-6-8-18(15)29-14-20(27)24-25-21(30)23-19(26)13-28-17-11-9-16(10-12-17)22(2,3)4/h5-12H,13-14H2,1-4H3,(H,24,27)(H2,23,25,26,30). The van der Waals surface area contributed by atoms with Crippen LogP contribution in [0.2, 0.25) is 0 Å². The maximum Gasteiger partial charge on any atom is 0.276 e. The quantitative estimate of drug-likeness (QED) is 0.483. The van der Waals surface area contributed by atoms with Crippen molar-refractivity contribution in [3.63, 3.8) is 0 Å². The van der Waals surface area contributed by atoms with Crippen LogP contribution in [0.5, 0.6) is 11.5 Å². The van der Waals surface area contributed by atoms with Crippen LogP contribution in [-0.2, 0) is 15.0 Å². The van der Waals surface area contributed by atoms with E-state index in [2.05, 4.69) is 36.9 Å². The Morgan fingerprint density at radius 1 is 0.900 bits per heavy atom. The average molecular weight is 430 g/mol. The average Bonchev–Trinajstić information content (AvgIpc) is 2.70. The van der Waals surface area contributed by atoms with Gasteiger partial charge in [0.05, 0.1) is 0 Å². The number of hydrogen-bond acceptors (Lipinski definition) is 5. The first-order valence-corrected chi connectivity index (χ1v) is 9.86. The smallest absolute Gasteiger partial charge is 0.276 e. The highest BCUT2D eigenvalue weighted by molar-refractivity contribution is 7.80. The summed E-state index contributed by atoms with van der Waals surface area (Å²) in [6.07, 6.45) is 0. The Hall–Kier alpha value is -3.13. The van der Waals surface area contributed by atoms with Crippen LogP contribution in [0.3, 0.4) is 0 Å². The summed E-state index contributed by atoms with van der Waals surface area (Å²) < 4.78 is 10.9. The third-order valence-electron chi connectivity index (χ3n) is 4.11. The molecule has 3 N–H and O–H groups in total. The van der Waals surface area contributed by atoms with E-state index in [0.717, 1.165) is 5.56 Å². The largest absolute Gasteiger partial charge is 0.484 e. The van der Waals surface area contributed by atoms with Crippen molar-refractivity contribution in [2.24, 2.45) is 0 Å². The predicted octanol–water partition coefficient (Wildman–Crippen LogP) is 2.77. The molecule has 0 atom stereocenters. The molecule has 0 bridgehead atoms. The van der Waals surface area contributed by atoms with Gasteiger partial charge in [0.1, 0.15) is 11.5 Å². The Morgan fingerprint density at radius 3 is 2.17 bits per heavy atom. The molecule has 0 fully saturated rings. The Labute approximate surface area is 182 Å². The number of nitrogens with one attached hydrogen (secondary N) is 3. The molecule has 0 radical (unpaired) electrons. The minimum atomic E-state index is -0.446. The van der Waals surface area contributed by atoms with Crippen molar-refractivity contribution in [2.75, 3.05) is 13.2 Å². The summed E-state index contributed by atoms with van der Waals surface area (Å²) in [5.74, 6) is 0.317. The van der Waals surface area contributed by atoms with Crippen molar-refractivity contribution in [1.29, 1.82) is 0 Å². The SMILES string of the molecule is Cc1ccccc1OCC(=O)NNC(=S)NC(=O)COc1ccc(C(C)(C)C)cc1. The third-order valence-corrected chi connectivity index (χ3v) is 4.32. The number of carbonyl (C=O) groups is 2. The molecule has 0 aliphatic carbocycles. The summed E-state index contributed by atoms with van der Waals surface area (Å²) in [6.45, 7) is 7.86. The molecule has 2 aromatic rings. The van der Waals surface area contributed by atoms with E-state index in [1.807, 2.05) is 49.4 Å². The highest BCUT2D eigenvalue weighted by Gasteiger charge is 2.13. The van der Waals surface area contributed by atoms with Crippen molar-refractivity contribution in [3.8, 4) is 11.5 Å².